The highest BCUT2D eigenvalue weighted by Crippen LogP contribution is 2.38. The van der Waals surface area contributed by atoms with Crippen molar-refractivity contribution in [1.82, 2.24) is 4.90 Å². The van der Waals surface area contributed by atoms with E-state index < -0.39 is 121 Å². The monoisotopic (exact) mass is 829 g/mol. The summed E-state index contributed by atoms with van der Waals surface area (Å²) in [6.45, 7) is 11.8. The Morgan fingerprint density at radius 3 is 2.21 bits per heavy atom. The molecule has 0 aromatic heterocycles. The number of epoxide rings is 1. The first-order valence-electron chi connectivity index (χ1n) is 20.6. The van der Waals surface area contributed by atoms with Crippen LogP contribution in [0.1, 0.15) is 93.4 Å². The van der Waals surface area contributed by atoms with E-state index in [2.05, 4.69) is 0 Å². The lowest BCUT2D eigenvalue weighted by Gasteiger charge is -2.50. The number of esters is 3. The van der Waals surface area contributed by atoms with Crippen LogP contribution < -0.4 is 0 Å². The van der Waals surface area contributed by atoms with Gasteiger partial charge in [-0.05, 0) is 60.0 Å². The number of aliphatic hydroxyl groups excluding tert-OH is 2. The second kappa shape index (κ2) is 21.3. The summed E-state index contributed by atoms with van der Waals surface area (Å²) >= 11 is 0. The molecule has 4 aliphatic heterocycles. The lowest BCUT2D eigenvalue weighted by molar-refractivity contribution is -0.344. The summed E-state index contributed by atoms with van der Waals surface area (Å²) in [5, 5.41) is 34.6. The fraction of sp³-hybridized carbons (Fsp3) is 0.854. The Labute approximate surface area is 341 Å². The highest BCUT2D eigenvalue weighted by atomic mass is 16.7. The van der Waals surface area contributed by atoms with Crippen LogP contribution in [0, 0.1) is 11.8 Å². The number of carbonyl (C=O) groups excluding carboxylic acids is 4. The van der Waals surface area contributed by atoms with Gasteiger partial charge >= 0.3 is 17.9 Å². The molecule has 17 nitrogen and oxygen atoms in total. The maximum absolute atomic E-state index is 13.4. The smallest absolute Gasteiger partial charge is 0.309 e. The summed E-state index contributed by atoms with van der Waals surface area (Å²) in [6.07, 6.45) is -8.08. The van der Waals surface area contributed by atoms with Crippen molar-refractivity contribution in [3.63, 3.8) is 0 Å². The van der Waals surface area contributed by atoms with Crippen LogP contribution in [0.5, 0.6) is 0 Å². The molecule has 0 aromatic carbocycles. The van der Waals surface area contributed by atoms with Gasteiger partial charge in [-0.15, -0.1) is 0 Å². The Bertz CT molecular complexity index is 1390. The van der Waals surface area contributed by atoms with E-state index in [9.17, 15) is 34.5 Å². The van der Waals surface area contributed by atoms with E-state index in [0.29, 0.717) is 12.7 Å². The van der Waals surface area contributed by atoms with E-state index in [0.717, 1.165) is 0 Å². The molecule has 0 aliphatic carbocycles. The Morgan fingerprint density at radius 1 is 0.931 bits per heavy atom. The van der Waals surface area contributed by atoms with Crippen LogP contribution in [-0.4, -0.2) is 163 Å². The van der Waals surface area contributed by atoms with Crippen LogP contribution in [0.4, 0.5) is 0 Å². The highest BCUT2D eigenvalue weighted by molar-refractivity contribution is 5.72. The topological polar surface area (TPSA) is 219 Å². The van der Waals surface area contributed by atoms with Gasteiger partial charge in [-0.2, -0.15) is 0 Å². The van der Waals surface area contributed by atoms with E-state index >= 15 is 0 Å². The van der Waals surface area contributed by atoms with Crippen LogP contribution >= 0.6 is 0 Å². The average molecular weight is 830 g/mol. The maximum atomic E-state index is 13.4. The lowest BCUT2D eigenvalue weighted by atomic mass is 9.82. The number of aldehydes is 1. The molecule has 0 amide bonds. The molecule has 58 heavy (non-hydrogen) atoms. The summed E-state index contributed by atoms with van der Waals surface area (Å²) in [6, 6.07) is -0.783. The maximum Gasteiger partial charge on any atom is 0.309 e. The number of ether oxygens (including phenoxy) is 9. The van der Waals surface area contributed by atoms with Crippen LogP contribution in [0.25, 0.3) is 0 Å². The molecule has 0 unspecified atom stereocenters. The zero-order chi connectivity index (χ0) is 43.1. The quantitative estimate of drug-likeness (QED) is 0.0842. The molecule has 0 aromatic rings. The molecule has 4 aliphatic rings. The molecule has 0 saturated carbocycles. The van der Waals surface area contributed by atoms with Crippen molar-refractivity contribution in [3.8, 4) is 0 Å². The van der Waals surface area contributed by atoms with Crippen molar-refractivity contribution in [3.05, 3.63) is 12.2 Å². The Balaban J connectivity index is 1.67. The largest absolute Gasteiger partial charge is 0.462 e. The number of rotatable bonds is 12. The summed E-state index contributed by atoms with van der Waals surface area (Å²) in [5.74, 6) is -2.86. The predicted molar refractivity (Wildman–Crippen MR) is 205 cm³/mol. The summed E-state index contributed by atoms with van der Waals surface area (Å²) in [5.41, 5.74) is -1.49. The molecule has 17 heteroatoms. The second-order valence-electron chi connectivity index (χ2n) is 16.7. The Kier molecular flexibility index (Phi) is 17.6. The number of cyclic esters (lactones) is 1. The first-order chi connectivity index (χ1) is 27.3. The van der Waals surface area contributed by atoms with Gasteiger partial charge in [0, 0.05) is 39.2 Å². The molecule has 18 atom stereocenters. The first kappa shape index (κ1) is 48.1. The van der Waals surface area contributed by atoms with E-state index in [1.54, 1.807) is 72.7 Å². The Morgan fingerprint density at radius 2 is 1.60 bits per heavy atom. The number of hydrogen-bond donors (Lipinski definition) is 3. The molecule has 0 bridgehead atoms. The summed E-state index contributed by atoms with van der Waals surface area (Å²) < 4.78 is 54.4. The fourth-order valence-corrected chi connectivity index (χ4v) is 8.36. The van der Waals surface area contributed by atoms with Gasteiger partial charge < -0.3 is 67.6 Å². The number of methoxy groups -OCH3 is 1. The van der Waals surface area contributed by atoms with E-state index in [1.807, 2.05) is 6.92 Å². The van der Waals surface area contributed by atoms with Gasteiger partial charge in [0.05, 0.1) is 43.0 Å². The molecule has 3 N–H and O–H groups in total. The summed E-state index contributed by atoms with van der Waals surface area (Å²) in [4.78, 5) is 52.5. The third-order valence-electron chi connectivity index (χ3n) is 11.5. The average Bonchev–Trinajstić information content (AvgIpc) is 3.89. The van der Waals surface area contributed by atoms with Gasteiger partial charge in [-0.3, -0.25) is 14.4 Å². The number of aliphatic hydroxyl groups is 3. The molecular weight excluding hydrogens is 762 g/mol. The van der Waals surface area contributed by atoms with E-state index in [-0.39, 0.29) is 44.3 Å². The molecule has 4 rings (SSSR count). The predicted octanol–water partition coefficient (Wildman–Crippen LogP) is 1.98. The van der Waals surface area contributed by atoms with E-state index in [4.69, 9.17) is 42.6 Å². The zero-order valence-electron chi connectivity index (χ0n) is 35.6. The van der Waals surface area contributed by atoms with Crippen LogP contribution in [0.15, 0.2) is 12.2 Å². The van der Waals surface area contributed by atoms with Crippen LogP contribution in [0.3, 0.4) is 0 Å². The Hall–Kier alpha value is -2.58. The van der Waals surface area contributed by atoms with Gasteiger partial charge in [-0.1, -0.05) is 32.9 Å². The molecule has 0 spiro atoms. The molecular formula is C41H67NO16. The second-order valence-corrected chi connectivity index (χ2v) is 16.7. The van der Waals surface area contributed by atoms with Crippen LogP contribution in [0.2, 0.25) is 0 Å². The van der Waals surface area contributed by atoms with Gasteiger partial charge in [-0.25, -0.2) is 0 Å². The van der Waals surface area contributed by atoms with Crippen molar-refractivity contribution < 1.29 is 77.1 Å². The number of fused-ring (bicyclic) bond motifs is 1. The van der Waals surface area contributed by atoms with Crippen molar-refractivity contribution >= 4 is 24.2 Å². The third kappa shape index (κ3) is 12.5. The minimum atomic E-state index is -1.49. The number of carbonyl (C=O) groups is 4. The number of nitrogens with zero attached hydrogens (tertiary/aromatic N) is 1. The van der Waals surface area contributed by atoms with Gasteiger partial charge in [0.15, 0.2) is 18.7 Å². The molecule has 332 valence electrons. The fourth-order valence-electron chi connectivity index (χ4n) is 8.36. The minimum Gasteiger partial charge on any atom is -0.462 e. The first-order valence-corrected chi connectivity index (χ1v) is 20.6. The van der Waals surface area contributed by atoms with Crippen LogP contribution in [-0.2, 0) is 61.8 Å². The molecule has 3 fully saturated rings. The normalized spacial score (nSPS) is 43.4. The van der Waals surface area contributed by atoms with Crippen molar-refractivity contribution in [2.24, 2.45) is 11.8 Å². The minimum absolute atomic E-state index is 0.00499. The third-order valence-corrected chi connectivity index (χ3v) is 11.5. The SMILES string of the molecule is CCC(=O)O[C@@H]1CC(=O)O[C@@H](C)C[C@H]2O[C@@H]2/C=C\[C@@H](O)[C@@H](C)C[C@@H](CC=O)[C@@H](O[C@H]2O[C@@H](C)[C@@H](O[C@@H]3C[C@](C)(O)[C@@H](OC(=O)CC)[C@@H](C)O3)[C@@H](N(C)C)[C@H]2O)[C@H]1OC. The van der Waals surface area contributed by atoms with Crippen molar-refractivity contribution in [1.29, 1.82) is 0 Å². The number of hydrogen-bond acceptors (Lipinski definition) is 17. The van der Waals surface area contributed by atoms with Crippen molar-refractivity contribution in [2.45, 2.75) is 191 Å². The molecule has 3 saturated heterocycles. The zero-order valence-corrected chi connectivity index (χ0v) is 35.6. The van der Waals surface area contributed by atoms with Gasteiger partial charge in [0.1, 0.15) is 48.5 Å². The molecule has 0 radical (unpaired) electrons. The molecule has 4 heterocycles. The standard InChI is InChI=1S/C41H67NO16/c1-11-30(45)55-29-19-32(47)51-22(4)18-28-27(54-28)14-13-26(44)21(3)17-25(15-16-43)37(38(29)50-10)58-40-35(48)34(42(8)9)36(23(5)53-40)57-33-20-41(7,49)39(24(6)52-33)56-31(46)12-2/h13-14,16,21-29,33-40,44,48-49H,11-12,15,17-20H2,1-10H3/b14-13-/t21-,22-,23-,24+,25+,26+,27+,28+,29+,33+,34-,35+,36+,37+,38-,39-,40+,41-/m0/s1. The lowest BCUT2D eigenvalue weighted by Crippen LogP contribution is -2.66. The highest BCUT2D eigenvalue weighted by Gasteiger charge is 2.53. The van der Waals surface area contributed by atoms with E-state index in [1.165, 1.54) is 7.11 Å². The van der Waals surface area contributed by atoms with Crippen molar-refractivity contribution in [2.75, 3.05) is 21.2 Å². The van der Waals surface area contributed by atoms with Gasteiger partial charge in [0.25, 0.3) is 0 Å². The number of likely N-dealkylation sites (N-methyl/N-ethyl adjacent to an activating group) is 1. The summed E-state index contributed by atoms with van der Waals surface area (Å²) in [7, 11) is 4.86. The van der Waals surface area contributed by atoms with Gasteiger partial charge in [0.2, 0.25) is 0 Å².